The van der Waals surface area contributed by atoms with E-state index in [0.29, 0.717) is 13.0 Å². The largest absolute Gasteiger partial charge is 0.466 e. The molecule has 0 atom stereocenters. The van der Waals surface area contributed by atoms with E-state index in [4.69, 9.17) is 14.9 Å². The van der Waals surface area contributed by atoms with Crippen LogP contribution < -0.4 is 0 Å². The molecule has 0 aromatic rings. The number of esters is 1. The SMILES string of the molecule is O=C1CCCCCO1.OCCCCCCO. The quantitative estimate of drug-likeness (QED) is 0.558. The molecule has 0 radical (unpaired) electrons. The van der Waals surface area contributed by atoms with Crippen LogP contribution in [0.2, 0.25) is 0 Å². The van der Waals surface area contributed by atoms with Crippen molar-refractivity contribution in [2.75, 3.05) is 19.8 Å². The van der Waals surface area contributed by atoms with Crippen LogP contribution >= 0.6 is 0 Å². The Balaban J connectivity index is 0.000000281. The number of hydrogen-bond donors (Lipinski definition) is 2. The van der Waals surface area contributed by atoms with Gasteiger partial charge in [0.1, 0.15) is 0 Å². The van der Waals surface area contributed by atoms with Crippen molar-refractivity contribution in [2.45, 2.75) is 51.4 Å². The maximum Gasteiger partial charge on any atom is 0.305 e. The normalized spacial score (nSPS) is 15.8. The molecule has 16 heavy (non-hydrogen) atoms. The number of carbonyl (C=O) groups is 1. The second kappa shape index (κ2) is 12.5. The Labute approximate surface area is 97.6 Å². The summed E-state index contributed by atoms with van der Waals surface area (Å²) in [6, 6.07) is 0. The molecular weight excluding hydrogens is 208 g/mol. The Morgan fingerprint density at radius 3 is 2.12 bits per heavy atom. The molecule has 4 heteroatoms. The molecule has 0 spiro atoms. The molecule has 1 saturated heterocycles. The lowest BCUT2D eigenvalue weighted by Crippen LogP contribution is -2.00. The summed E-state index contributed by atoms with van der Waals surface area (Å²) in [5.74, 6) is -0.0255. The van der Waals surface area contributed by atoms with Crippen LogP contribution in [0.25, 0.3) is 0 Å². The zero-order valence-electron chi connectivity index (χ0n) is 9.99. The molecule has 0 saturated carbocycles. The van der Waals surface area contributed by atoms with Crippen LogP contribution in [0.4, 0.5) is 0 Å². The molecule has 1 aliphatic rings. The number of carbonyl (C=O) groups excluding carboxylic acids is 1. The number of aliphatic hydroxyl groups excluding tert-OH is 2. The third-order valence-electron chi connectivity index (χ3n) is 2.35. The molecule has 0 unspecified atom stereocenters. The van der Waals surface area contributed by atoms with E-state index in [1.54, 1.807) is 0 Å². The van der Waals surface area contributed by atoms with Crippen molar-refractivity contribution in [3.8, 4) is 0 Å². The van der Waals surface area contributed by atoms with Crippen molar-refractivity contribution in [3.63, 3.8) is 0 Å². The van der Waals surface area contributed by atoms with E-state index in [2.05, 4.69) is 0 Å². The van der Waals surface area contributed by atoms with Gasteiger partial charge in [0.05, 0.1) is 6.61 Å². The molecule has 0 aromatic carbocycles. The van der Waals surface area contributed by atoms with Crippen LogP contribution in [0.15, 0.2) is 0 Å². The van der Waals surface area contributed by atoms with Gasteiger partial charge in [-0.15, -0.1) is 0 Å². The number of unbranched alkanes of at least 4 members (excludes halogenated alkanes) is 3. The van der Waals surface area contributed by atoms with E-state index < -0.39 is 0 Å². The monoisotopic (exact) mass is 232 g/mol. The van der Waals surface area contributed by atoms with E-state index in [-0.39, 0.29) is 19.2 Å². The zero-order valence-corrected chi connectivity index (χ0v) is 9.99. The fraction of sp³-hybridized carbons (Fsp3) is 0.917. The molecule has 96 valence electrons. The Bertz CT molecular complexity index is 143. The highest BCUT2D eigenvalue weighted by molar-refractivity contribution is 5.69. The van der Waals surface area contributed by atoms with Crippen LogP contribution in [-0.2, 0) is 9.53 Å². The van der Waals surface area contributed by atoms with Crippen molar-refractivity contribution < 1.29 is 19.7 Å². The van der Waals surface area contributed by atoms with Gasteiger partial charge in [0.15, 0.2) is 0 Å². The van der Waals surface area contributed by atoms with Gasteiger partial charge in [-0.25, -0.2) is 0 Å². The second-order valence-corrected chi connectivity index (χ2v) is 3.89. The Morgan fingerprint density at radius 2 is 1.56 bits per heavy atom. The summed E-state index contributed by atoms with van der Waals surface area (Å²) in [7, 11) is 0. The average molecular weight is 232 g/mol. The highest BCUT2D eigenvalue weighted by atomic mass is 16.5. The number of aliphatic hydroxyl groups is 2. The van der Waals surface area contributed by atoms with Crippen molar-refractivity contribution >= 4 is 5.97 Å². The molecule has 1 fully saturated rings. The molecule has 2 N–H and O–H groups in total. The summed E-state index contributed by atoms with van der Waals surface area (Å²) in [4.78, 5) is 10.5. The standard InChI is InChI=1S/C6H10O2.C6H14O2/c7-6-4-2-1-3-5-8-6;7-5-3-1-2-4-6-8/h1-5H2;7-8H,1-6H2. The van der Waals surface area contributed by atoms with Crippen LogP contribution in [0.3, 0.4) is 0 Å². The maximum absolute atomic E-state index is 10.5. The van der Waals surface area contributed by atoms with Gasteiger partial charge in [0, 0.05) is 19.6 Å². The van der Waals surface area contributed by atoms with Crippen LogP contribution in [-0.4, -0.2) is 36.0 Å². The lowest BCUT2D eigenvalue weighted by Gasteiger charge is -1.93. The number of rotatable bonds is 5. The molecule has 4 nitrogen and oxygen atoms in total. The first-order chi connectivity index (χ1) is 7.81. The number of ether oxygens (including phenoxy) is 1. The molecule has 1 rings (SSSR count). The zero-order chi connectivity index (χ0) is 12.1. The first kappa shape index (κ1) is 15.4. The third-order valence-corrected chi connectivity index (χ3v) is 2.35. The van der Waals surface area contributed by atoms with E-state index in [1.165, 1.54) is 0 Å². The minimum Gasteiger partial charge on any atom is -0.466 e. The summed E-state index contributed by atoms with van der Waals surface area (Å²) in [5, 5.41) is 16.6. The van der Waals surface area contributed by atoms with Gasteiger partial charge in [-0.2, -0.15) is 0 Å². The Kier molecular flexibility index (Phi) is 12.0. The third kappa shape index (κ3) is 11.5. The van der Waals surface area contributed by atoms with E-state index in [0.717, 1.165) is 44.9 Å². The average Bonchev–Trinajstić information content (AvgIpc) is 2.53. The second-order valence-electron chi connectivity index (χ2n) is 3.89. The first-order valence-corrected chi connectivity index (χ1v) is 6.18. The summed E-state index contributed by atoms with van der Waals surface area (Å²) in [6.45, 7) is 1.20. The van der Waals surface area contributed by atoms with Crippen molar-refractivity contribution in [3.05, 3.63) is 0 Å². The summed E-state index contributed by atoms with van der Waals surface area (Å²) in [6.07, 6.45) is 7.66. The Morgan fingerprint density at radius 1 is 0.938 bits per heavy atom. The molecular formula is C12H24O4. The summed E-state index contributed by atoms with van der Waals surface area (Å²) < 4.78 is 4.76. The van der Waals surface area contributed by atoms with E-state index in [9.17, 15) is 4.79 Å². The smallest absolute Gasteiger partial charge is 0.305 e. The van der Waals surface area contributed by atoms with E-state index >= 15 is 0 Å². The highest BCUT2D eigenvalue weighted by Crippen LogP contribution is 2.06. The van der Waals surface area contributed by atoms with Crippen LogP contribution in [0.5, 0.6) is 0 Å². The van der Waals surface area contributed by atoms with Gasteiger partial charge in [-0.05, 0) is 32.1 Å². The molecule has 0 amide bonds. The van der Waals surface area contributed by atoms with Crippen molar-refractivity contribution in [1.82, 2.24) is 0 Å². The van der Waals surface area contributed by atoms with Gasteiger partial charge >= 0.3 is 5.97 Å². The van der Waals surface area contributed by atoms with Crippen LogP contribution in [0, 0.1) is 0 Å². The number of cyclic esters (lactones) is 1. The Hall–Kier alpha value is -0.610. The van der Waals surface area contributed by atoms with Gasteiger partial charge in [0.25, 0.3) is 0 Å². The summed E-state index contributed by atoms with van der Waals surface area (Å²) >= 11 is 0. The fourth-order valence-corrected chi connectivity index (χ4v) is 1.38. The maximum atomic E-state index is 10.5. The van der Waals surface area contributed by atoms with Gasteiger partial charge in [-0.1, -0.05) is 12.8 Å². The number of hydrogen-bond acceptors (Lipinski definition) is 4. The van der Waals surface area contributed by atoms with Crippen LogP contribution in [0.1, 0.15) is 51.4 Å². The van der Waals surface area contributed by atoms with Crippen molar-refractivity contribution in [1.29, 1.82) is 0 Å². The lowest BCUT2D eigenvalue weighted by atomic mass is 10.2. The minimum atomic E-state index is -0.0255. The van der Waals surface area contributed by atoms with Crippen molar-refractivity contribution in [2.24, 2.45) is 0 Å². The predicted molar refractivity (Wildman–Crippen MR) is 62.1 cm³/mol. The minimum absolute atomic E-state index is 0.0255. The predicted octanol–water partition coefficient (Wildman–Crippen LogP) is 1.64. The topological polar surface area (TPSA) is 66.8 Å². The van der Waals surface area contributed by atoms with Gasteiger partial charge in [0.2, 0.25) is 0 Å². The van der Waals surface area contributed by atoms with Gasteiger partial charge in [-0.3, -0.25) is 4.79 Å². The highest BCUT2D eigenvalue weighted by Gasteiger charge is 2.05. The summed E-state index contributed by atoms with van der Waals surface area (Å²) in [5.41, 5.74) is 0. The first-order valence-electron chi connectivity index (χ1n) is 6.18. The molecule has 1 aliphatic heterocycles. The molecule has 0 aliphatic carbocycles. The molecule has 0 aromatic heterocycles. The molecule has 0 bridgehead atoms. The van der Waals surface area contributed by atoms with E-state index in [1.807, 2.05) is 0 Å². The van der Waals surface area contributed by atoms with Gasteiger partial charge < -0.3 is 14.9 Å². The molecule has 1 heterocycles. The fourth-order valence-electron chi connectivity index (χ4n) is 1.38. The lowest BCUT2D eigenvalue weighted by molar-refractivity contribution is -0.142.